The van der Waals surface area contributed by atoms with E-state index in [9.17, 15) is 8.42 Å². The summed E-state index contributed by atoms with van der Waals surface area (Å²) in [5.74, 6) is 0.309. The molecule has 5 nitrogen and oxygen atoms in total. The summed E-state index contributed by atoms with van der Waals surface area (Å²) in [5.41, 5.74) is 0.981. The third-order valence-electron chi connectivity index (χ3n) is 3.15. The average molecular weight is 301 g/mol. The Morgan fingerprint density at radius 1 is 1.40 bits per heavy atom. The Bertz CT molecular complexity index is 521. The summed E-state index contributed by atoms with van der Waals surface area (Å²) >= 11 is 0. The molecule has 0 spiro atoms. The normalized spacial score (nSPS) is 12.6. The third kappa shape index (κ3) is 4.33. The summed E-state index contributed by atoms with van der Waals surface area (Å²) in [5, 5.41) is 3.29. The standard InChI is InChI=1S/C14H27N3O2S/c1-6-7-15-9-13-8-14(11-16(13)4)20(18,19)17(5)10-12(2)3/h8,11-12,15H,6-7,9-10H2,1-5H3. The fourth-order valence-electron chi connectivity index (χ4n) is 2.08. The molecular weight excluding hydrogens is 274 g/mol. The van der Waals surface area contributed by atoms with Gasteiger partial charge in [0.1, 0.15) is 4.90 Å². The maximum atomic E-state index is 12.5. The molecule has 0 bridgehead atoms. The van der Waals surface area contributed by atoms with Gasteiger partial charge in [-0.05, 0) is 24.9 Å². The van der Waals surface area contributed by atoms with Crippen molar-refractivity contribution in [3.8, 4) is 0 Å². The van der Waals surface area contributed by atoms with Crippen LogP contribution in [-0.2, 0) is 23.6 Å². The van der Waals surface area contributed by atoms with Gasteiger partial charge in [-0.25, -0.2) is 12.7 Å². The van der Waals surface area contributed by atoms with Crippen molar-refractivity contribution in [1.29, 1.82) is 0 Å². The van der Waals surface area contributed by atoms with E-state index in [2.05, 4.69) is 12.2 Å². The van der Waals surface area contributed by atoms with Crippen LogP contribution < -0.4 is 5.32 Å². The quantitative estimate of drug-likeness (QED) is 0.745. The van der Waals surface area contributed by atoms with Gasteiger partial charge < -0.3 is 9.88 Å². The van der Waals surface area contributed by atoms with E-state index in [1.165, 1.54) is 4.31 Å². The highest BCUT2D eigenvalue weighted by Gasteiger charge is 2.23. The molecule has 0 fully saturated rings. The molecule has 0 aromatic carbocycles. The number of hydrogen-bond donors (Lipinski definition) is 1. The van der Waals surface area contributed by atoms with E-state index in [4.69, 9.17) is 0 Å². The van der Waals surface area contributed by atoms with Crippen LogP contribution in [0, 0.1) is 5.92 Å². The van der Waals surface area contributed by atoms with Crippen LogP contribution in [0.1, 0.15) is 32.9 Å². The first-order chi connectivity index (χ1) is 9.28. The SMILES string of the molecule is CCCNCc1cc(S(=O)(=O)N(C)CC(C)C)cn1C. The van der Waals surface area contributed by atoms with Crippen LogP contribution in [0.3, 0.4) is 0 Å². The van der Waals surface area contributed by atoms with E-state index in [1.54, 1.807) is 19.3 Å². The predicted octanol–water partition coefficient (Wildman–Crippen LogP) is 1.80. The van der Waals surface area contributed by atoms with Crippen LogP contribution in [0.5, 0.6) is 0 Å². The van der Waals surface area contributed by atoms with E-state index in [1.807, 2.05) is 25.5 Å². The van der Waals surface area contributed by atoms with Crippen molar-refractivity contribution in [2.24, 2.45) is 13.0 Å². The first-order valence-corrected chi connectivity index (χ1v) is 8.55. The minimum Gasteiger partial charge on any atom is -0.352 e. The van der Waals surface area contributed by atoms with Gasteiger partial charge in [-0.3, -0.25) is 0 Å². The van der Waals surface area contributed by atoms with Crippen LogP contribution in [-0.4, -0.2) is 37.4 Å². The molecule has 0 amide bonds. The van der Waals surface area contributed by atoms with Gasteiger partial charge in [0.05, 0.1) is 0 Å². The molecule has 0 radical (unpaired) electrons. The lowest BCUT2D eigenvalue weighted by atomic mass is 10.2. The monoisotopic (exact) mass is 301 g/mol. The molecule has 0 atom stereocenters. The van der Waals surface area contributed by atoms with Gasteiger partial charge >= 0.3 is 0 Å². The number of aromatic nitrogens is 1. The Labute approximate surface area is 123 Å². The zero-order valence-corrected chi connectivity index (χ0v) is 14.0. The molecule has 0 aliphatic heterocycles. The van der Waals surface area contributed by atoms with Gasteiger partial charge in [0.15, 0.2) is 0 Å². The second kappa shape index (κ2) is 7.24. The molecule has 0 unspecified atom stereocenters. The van der Waals surface area contributed by atoms with Crippen molar-refractivity contribution in [3.63, 3.8) is 0 Å². The molecule has 116 valence electrons. The highest BCUT2D eigenvalue weighted by molar-refractivity contribution is 7.89. The van der Waals surface area contributed by atoms with Crippen molar-refractivity contribution in [1.82, 2.24) is 14.2 Å². The zero-order valence-electron chi connectivity index (χ0n) is 13.2. The Hall–Kier alpha value is -0.850. The maximum absolute atomic E-state index is 12.5. The van der Waals surface area contributed by atoms with Crippen molar-refractivity contribution >= 4 is 10.0 Å². The summed E-state index contributed by atoms with van der Waals surface area (Å²) in [7, 11) is 0.134. The molecule has 0 saturated heterocycles. The molecule has 1 heterocycles. The Kier molecular flexibility index (Phi) is 6.23. The van der Waals surface area contributed by atoms with Crippen LogP contribution in [0.25, 0.3) is 0 Å². The Morgan fingerprint density at radius 3 is 2.60 bits per heavy atom. The van der Waals surface area contributed by atoms with Crippen molar-refractivity contribution in [3.05, 3.63) is 18.0 Å². The third-order valence-corrected chi connectivity index (χ3v) is 4.93. The topological polar surface area (TPSA) is 54.3 Å². The molecule has 6 heteroatoms. The minimum absolute atomic E-state index is 0.309. The molecule has 1 aromatic rings. The lowest BCUT2D eigenvalue weighted by Crippen LogP contribution is -2.30. The molecule has 1 N–H and O–H groups in total. The second-order valence-corrected chi connectivity index (χ2v) is 7.68. The van der Waals surface area contributed by atoms with Crippen LogP contribution in [0.15, 0.2) is 17.2 Å². The molecule has 0 aliphatic carbocycles. The summed E-state index contributed by atoms with van der Waals surface area (Å²) in [6, 6.07) is 1.76. The molecule has 0 aliphatic rings. The van der Waals surface area contributed by atoms with Gasteiger partial charge in [-0.2, -0.15) is 0 Å². The first-order valence-electron chi connectivity index (χ1n) is 7.11. The molecule has 1 aromatic heterocycles. The fraction of sp³-hybridized carbons (Fsp3) is 0.714. The van der Waals surface area contributed by atoms with E-state index in [-0.39, 0.29) is 0 Å². The van der Waals surface area contributed by atoms with E-state index in [0.717, 1.165) is 18.7 Å². The summed E-state index contributed by atoms with van der Waals surface area (Å²) in [4.78, 5) is 0.372. The average Bonchev–Trinajstić information content (AvgIpc) is 2.71. The van der Waals surface area contributed by atoms with Crippen molar-refractivity contribution < 1.29 is 8.42 Å². The molecule has 1 rings (SSSR count). The summed E-state index contributed by atoms with van der Waals surface area (Å²) in [6.45, 7) is 8.28. The lowest BCUT2D eigenvalue weighted by Gasteiger charge is -2.18. The van der Waals surface area contributed by atoms with Crippen molar-refractivity contribution in [2.75, 3.05) is 20.1 Å². The first kappa shape index (κ1) is 17.2. The number of nitrogens with zero attached hydrogens (tertiary/aromatic N) is 2. The molecule has 0 saturated carbocycles. The maximum Gasteiger partial charge on any atom is 0.244 e. The zero-order chi connectivity index (χ0) is 15.3. The fourth-order valence-corrected chi connectivity index (χ4v) is 3.51. The van der Waals surface area contributed by atoms with Gasteiger partial charge in [0.25, 0.3) is 0 Å². The van der Waals surface area contributed by atoms with Gasteiger partial charge in [0, 0.05) is 39.1 Å². The number of sulfonamides is 1. The highest BCUT2D eigenvalue weighted by Crippen LogP contribution is 2.18. The number of hydrogen-bond acceptors (Lipinski definition) is 3. The molecule has 20 heavy (non-hydrogen) atoms. The highest BCUT2D eigenvalue weighted by atomic mass is 32.2. The Balaban J connectivity index is 2.88. The summed E-state index contributed by atoms with van der Waals surface area (Å²) < 4.78 is 28.2. The number of aryl methyl sites for hydroxylation is 1. The Morgan fingerprint density at radius 2 is 2.05 bits per heavy atom. The summed E-state index contributed by atoms with van der Waals surface area (Å²) in [6.07, 6.45) is 2.75. The van der Waals surface area contributed by atoms with Crippen LogP contribution in [0.4, 0.5) is 0 Å². The van der Waals surface area contributed by atoms with Crippen LogP contribution in [0.2, 0.25) is 0 Å². The predicted molar refractivity (Wildman–Crippen MR) is 82.1 cm³/mol. The molecular formula is C14H27N3O2S. The number of nitrogens with one attached hydrogen (secondary N) is 1. The second-order valence-electron chi connectivity index (χ2n) is 5.63. The van der Waals surface area contributed by atoms with E-state index in [0.29, 0.717) is 23.9 Å². The van der Waals surface area contributed by atoms with Crippen LogP contribution >= 0.6 is 0 Å². The van der Waals surface area contributed by atoms with Gasteiger partial charge in [-0.1, -0.05) is 20.8 Å². The minimum atomic E-state index is -3.38. The van der Waals surface area contributed by atoms with E-state index >= 15 is 0 Å². The van der Waals surface area contributed by atoms with E-state index < -0.39 is 10.0 Å². The smallest absolute Gasteiger partial charge is 0.244 e. The lowest BCUT2D eigenvalue weighted by molar-refractivity contribution is 0.417. The van der Waals surface area contributed by atoms with Gasteiger partial charge in [0.2, 0.25) is 10.0 Å². The van der Waals surface area contributed by atoms with Crippen molar-refractivity contribution in [2.45, 2.75) is 38.6 Å². The largest absolute Gasteiger partial charge is 0.352 e. The number of rotatable bonds is 8. The van der Waals surface area contributed by atoms with Gasteiger partial charge in [-0.15, -0.1) is 0 Å².